The van der Waals surface area contributed by atoms with E-state index in [2.05, 4.69) is 64.2 Å². The van der Waals surface area contributed by atoms with Crippen LogP contribution in [-0.2, 0) is 5.41 Å². The van der Waals surface area contributed by atoms with Crippen molar-refractivity contribution in [1.29, 1.82) is 0 Å². The minimum atomic E-state index is 0.250. The molecule has 0 bridgehead atoms. The van der Waals surface area contributed by atoms with Gasteiger partial charge in [0.1, 0.15) is 0 Å². The topological polar surface area (TPSA) is 0 Å². The highest BCUT2D eigenvalue weighted by molar-refractivity contribution is 7.79. The fraction of sp³-hybridized carbons (Fsp3) is 0.385. The van der Waals surface area contributed by atoms with Crippen molar-refractivity contribution < 1.29 is 0 Å². The molecule has 14 heavy (non-hydrogen) atoms. The van der Waals surface area contributed by atoms with Gasteiger partial charge in [-0.05, 0) is 22.8 Å². The number of rotatable bonds is 1. The monoisotopic (exact) mass is 208 g/mol. The van der Waals surface area contributed by atoms with Gasteiger partial charge in [0, 0.05) is 0 Å². The van der Waals surface area contributed by atoms with E-state index < -0.39 is 0 Å². The molecule has 0 fully saturated rings. The maximum atomic E-state index is 3.72. The van der Waals surface area contributed by atoms with Crippen molar-refractivity contribution in [3.8, 4) is 0 Å². The zero-order valence-corrected chi connectivity index (χ0v) is 10.4. The smallest absolute Gasteiger partial charge is 0.0132 e. The SMILES string of the molecule is C=Cc1ccc(C(C)(C)C)cc1.CS. The van der Waals surface area contributed by atoms with E-state index in [9.17, 15) is 0 Å². The minimum Gasteiger partial charge on any atom is -0.183 e. The molecule has 0 atom stereocenters. The first-order valence-corrected chi connectivity index (χ1v) is 5.61. The van der Waals surface area contributed by atoms with Crippen LogP contribution in [0.5, 0.6) is 0 Å². The highest BCUT2D eigenvalue weighted by Crippen LogP contribution is 2.22. The molecular weight excluding hydrogens is 188 g/mol. The van der Waals surface area contributed by atoms with Crippen molar-refractivity contribution in [1.82, 2.24) is 0 Å². The second-order valence-corrected chi connectivity index (χ2v) is 4.08. The first-order valence-electron chi connectivity index (χ1n) is 4.72. The van der Waals surface area contributed by atoms with E-state index in [0.717, 1.165) is 0 Å². The van der Waals surface area contributed by atoms with Gasteiger partial charge in [-0.25, -0.2) is 0 Å². The molecule has 1 heteroatoms. The summed E-state index contributed by atoms with van der Waals surface area (Å²) in [5.41, 5.74) is 2.80. The lowest BCUT2D eigenvalue weighted by molar-refractivity contribution is 0.590. The van der Waals surface area contributed by atoms with Crippen molar-refractivity contribution in [2.45, 2.75) is 26.2 Å². The van der Waals surface area contributed by atoms with E-state index in [1.807, 2.05) is 6.08 Å². The predicted octanol–water partition coefficient (Wildman–Crippen LogP) is 4.17. The Morgan fingerprint density at radius 1 is 1.07 bits per heavy atom. The Morgan fingerprint density at radius 3 is 1.79 bits per heavy atom. The lowest BCUT2D eigenvalue weighted by atomic mass is 9.87. The number of hydrogen-bond donors (Lipinski definition) is 1. The quantitative estimate of drug-likeness (QED) is 0.658. The van der Waals surface area contributed by atoms with Crippen LogP contribution in [-0.4, -0.2) is 6.26 Å². The molecule has 1 aromatic carbocycles. The Kier molecular flexibility index (Phi) is 5.63. The van der Waals surface area contributed by atoms with Crippen molar-refractivity contribution in [3.63, 3.8) is 0 Å². The predicted molar refractivity (Wildman–Crippen MR) is 70.1 cm³/mol. The third-order valence-corrected chi connectivity index (χ3v) is 2.01. The van der Waals surface area contributed by atoms with Crippen LogP contribution in [0.2, 0.25) is 0 Å². The molecule has 0 N–H and O–H groups in total. The summed E-state index contributed by atoms with van der Waals surface area (Å²) in [5.74, 6) is 0. The van der Waals surface area contributed by atoms with Crippen molar-refractivity contribution >= 4 is 18.7 Å². The molecule has 0 saturated heterocycles. The molecule has 78 valence electrons. The average Bonchev–Trinajstić information content (AvgIpc) is 2.20. The van der Waals surface area contributed by atoms with Gasteiger partial charge in [-0.1, -0.05) is 57.7 Å². The summed E-state index contributed by atoms with van der Waals surface area (Å²) >= 11 is 3.53. The summed E-state index contributed by atoms with van der Waals surface area (Å²) in [6.45, 7) is 10.4. The maximum Gasteiger partial charge on any atom is -0.0132 e. The highest BCUT2D eigenvalue weighted by atomic mass is 32.1. The molecule has 0 unspecified atom stereocenters. The largest absolute Gasteiger partial charge is 0.183 e. The maximum absolute atomic E-state index is 3.72. The van der Waals surface area contributed by atoms with E-state index in [1.54, 1.807) is 6.26 Å². The summed E-state index contributed by atoms with van der Waals surface area (Å²) in [6, 6.07) is 8.54. The first kappa shape index (κ1) is 13.3. The Hall–Kier alpha value is -0.690. The Morgan fingerprint density at radius 2 is 1.50 bits per heavy atom. The molecule has 0 saturated carbocycles. The van der Waals surface area contributed by atoms with Gasteiger partial charge in [0.2, 0.25) is 0 Å². The fourth-order valence-corrected chi connectivity index (χ4v) is 1.12. The van der Waals surface area contributed by atoms with Gasteiger partial charge in [-0.2, -0.15) is 12.6 Å². The molecule has 0 aliphatic carbocycles. The van der Waals surface area contributed by atoms with Gasteiger partial charge in [0.05, 0.1) is 0 Å². The van der Waals surface area contributed by atoms with Crippen LogP contribution >= 0.6 is 12.6 Å². The second kappa shape index (κ2) is 5.92. The van der Waals surface area contributed by atoms with Gasteiger partial charge >= 0.3 is 0 Å². The summed E-state index contributed by atoms with van der Waals surface area (Å²) in [4.78, 5) is 0. The van der Waals surface area contributed by atoms with Gasteiger partial charge in [0.25, 0.3) is 0 Å². The van der Waals surface area contributed by atoms with E-state index >= 15 is 0 Å². The van der Waals surface area contributed by atoms with Gasteiger partial charge in [-0.15, -0.1) is 0 Å². The molecule has 0 radical (unpaired) electrons. The Labute approximate surface area is 93.5 Å². The molecule has 0 amide bonds. The zero-order chi connectivity index (χ0) is 11.2. The van der Waals surface area contributed by atoms with Crippen LogP contribution < -0.4 is 0 Å². The van der Waals surface area contributed by atoms with Crippen LogP contribution in [0.15, 0.2) is 30.8 Å². The van der Waals surface area contributed by atoms with E-state index in [0.29, 0.717) is 0 Å². The molecule has 0 spiro atoms. The number of thiol groups is 1. The standard InChI is InChI=1S/C12H16.CH4S/c1-5-10-6-8-11(9-7-10)12(2,3)4;1-2/h5-9H,1H2,2-4H3;2H,1H3. The van der Waals surface area contributed by atoms with Crippen molar-refractivity contribution in [3.05, 3.63) is 42.0 Å². The van der Waals surface area contributed by atoms with Gasteiger partial charge in [-0.3, -0.25) is 0 Å². The van der Waals surface area contributed by atoms with Crippen LogP contribution in [0.25, 0.3) is 6.08 Å². The summed E-state index contributed by atoms with van der Waals surface area (Å²) < 4.78 is 0. The van der Waals surface area contributed by atoms with E-state index in [1.165, 1.54) is 11.1 Å². The Balaban J connectivity index is 0.000000791. The lowest BCUT2D eigenvalue weighted by Crippen LogP contribution is -2.10. The van der Waals surface area contributed by atoms with Gasteiger partial charge < -0.3 is 0 Å². The lowest BCUT2D eigenvalue weighted by Gasteiger charge is -2.18. The average molecular weight is 208 g/mol. The molecule has 0 nitrogen and oxygen atoms in total. The molecule has 0 aliphatic heterocycles. The van der Waals surface area contributed by atoms with Gasteiger partial charge in [0.15, 0.2) is 0 Å². The molecule has 0 aliphatic rings. The molecule has 0 aromatic heterocycles. The second-order valence-electron chi connectivity index (χ2n) is 4.08. The third-order valence-electron chi connectivity index (χ3n) is 2.01. The molecule has 1 rings (SSSR count). The first-order chi connectivity index (χ1) is 6.54. The third kappa shape index (κ3) is 4.01. The molecular formula is C13H20S. The fourth-order valence-electron chi connectivity index (χ4n) is 1.12. The zero-order valence-electron chi connectivity index (χ0n) is 9.54. The summed E-state index contributed by atoms with van der Waals surface area (Å²) in [5, 5.41) is 0. The normalized spacial score (nSPS) is 10.1. The number of hydrogen-bond acceptors (Lipinski definition) is 1. The molecule has 1 aromatic rings. The minimum absolute atomic E-state index is 0.250. The summed E-state index contributed by atoms with van der Waals surface area (Å²) in [7, 11) is 0. The van der Waals surface area contributed by atoms with Crippen molar-refractivity contribution in [2.75, 3.05) is 6.26 Å². The molecule has 0 heterocycles. The van der Waals surface area contributed by atoms with E-state index in [-0.39, 0.29) is 5.41 Å². The van der Waals surface area contributed by atoms with Crippen LogP contribution in [0.3, 0.4) is 0 Å². The number of benzene rings is 1. The van der Waals surface area contributed by atoms with E-state index in [4.69, 9.17) is 0 Å². The summed E-state index contributed by atoms with van der Waals surface area (Å²) in [6.07, 6.45) is 3.56. The Bertz CT molecular complexity index is 264. The van der Waals surface area contributed by atoms with Crippen molar-refractivity contribution in [2.24, 2.45) is 0 Å². The van der Waals surface area contributed by atoms with Crippen LogP contribution in [0, 0.1) is 0 Å². The van der Waals surface area contributed by atoms with Crippen LogP contribution in [0.4, 0.5) is 0 Å². The van der Waals surface area contributed by atoms with Crippen LogP contribution in [0.1, 0.15) is 31.9 Å². The highest BCUT2D eigenvalue weighted by Gasteiger charge is 2.12.